The Balaban J connectivity index is 3.98. The summed E-state index contributed by atoms with van der Waals surface area (Å²) >= 11 is 0. The van der Waals surface area contributed by atoms with Crippen LogP contribution >= 0.6 is 7.82 Å². The van der Waals surface area contributed by atoms with E-state index in [1.165, 1.54) is 225 Å². The summed E-state index contributed by atoms with van der Waals surface area (Å²) in [5.41, 5.74) is 0. The first-order valence-corrected chi connectivity index (χ1v) is 40.1. The summed E-state index contributed by atoms with van der Waals surface area (Å²) in [6.07, 6.45) is 102. The molecule has 0 aliphatic rings. The first kappa shape index (κ1) is 88.7. The second kappa shape index (κ2) is 72.0. The molecule has 0 radical (unpaired) electrons. The van der Waals surface area contributed by atoms with Crippen molar-refractivity contribution in [1.29, 1.82) is 0 Å². The number of unbranched alkanes of at least 4 members (excludes halogenated alkanes) is 39. The van der Waals surface area contributed by atoms with Crippen molar-refractivity contribution in [3.05, 3.63) is 109 Å². The van der Waals surface area contributed by atoms with Crippen LogP contribution in [-0.2, 0) is 32.7 Å². The number of nitrogens with zero attached hydrogens (tertiary/aromatic N) is 1. The third-order valence-corrected chi connectivity index (χ3v) is 17.7. The first-order valence-electron chi connectivity index (χ1n) is 38.6. The molecule has 0 saturated heterocycles. The van der Waals surface area contributed by atoms with Crippen LogP contribution in [0, 0.1) is 0 Å². The van der Waals surface area contributed by atoms with Crippen molar-refractivity contribution in [2.75, 3.05) is 47.5 Å². The van der Waals surface area contributed by atoms with Crippen molar-refractivity contribution in [3.63, 3.8) is 0 Å². The van der Waals surface area contributed by atoms with Gasteiger partial charge in [0.15, 0.2) is 6.10 Å². The molecule has 0 rings (SSSR count). The van der Waals surface area contributed by atoms with E-state index in [2.05, 4.69) is 123 Å². The number of likely N-dealkylation sites (N-methyl/N-ethyl adjacent to an activating group) is 1. The topological polar surface area (TPSA) is 111 Å². The average molecular weight is 1310 g/mol. The Morgan fingerprint density at radius 2 is 0.620 bits per heavy atom. The number of phosphoric ester groups is 1. The minimum atomic E-state index is -4.65. The number of quaternary nitrogens is 1. The number of hydrogen-bond acceptors (Lipinski definition) is 8. The summed E-state index contributed by atoms with van der Waals surface area (Å²) in [7, 11) is 1.17. The highest BCUT2D eigenvalue weighted by molar-refractivity contribution is 7.45. The van der Waals surface area contributed by atoms with Crippen LogP contribution in [0.5, 0.6) is 0 Å². The van der Waals surface area contributed by atoms with Crippen molar-refractivity contribution < 1.29 is 42.1 Å². The van der Waals surface area contributed by atoms with E-state index < -0.39 is 26.5 Å². The number of allylic oxidation sites excluding steroid dienone is 18. The molecule has 0 saturated carbocycles. The Morgan fingerprint density at radius 3 is 0.935 bits per heavy atom. The number of carbonyl (C=O) groups is 2. The molecule has 2 unspecified atom stereocenters. The third kappa shape index (κ3) is 75.7. The highest BCUT2D eigenvalue weighted by Gasteiger charge is 2.22. The van der Waals surface area contributed by atoms with Crippen molar-refractivity contribution in [2.24, 2.45) is 0 Å². The largest absolute Gasteiger partial charge is 0.756 e. The monoisotopic (exact) mass is 1300 g/mol. The van der Waals surface area contributed by atoms with Gasteiger partial charge in [-0.1, -0.05) is 342 Å². The Kier molecular flexibility index (Phi) is 69.3. The molecule has 0 aliphatic carbocycles. The molecular formula is C82H146NO8P. The maximum absolute atomic E-state index is 12.9. The summed E-state index contributed by atoms with van der Waals surface area (Å²) < 4.78 is 34.4. The lowest BCUT2D eigenvalue weighted by Gasteiger charge is -2.28. The van der Waals surface area contributed by atoms with E-state index in [-0.39, 0.29) is 32.0 Å². The van der Waals surface area contributed by atoms with Crippen molar-refractivity contribution in [3.8, 4) is 0 Å². The Labute approximate surface area is 569 Å². The van der Waals surface area contributed by atoms with Gasteiger partial charge in [-0.15, -0.1) is 0 Å². The highest BCUT2D eigenvalue weighted by Crippen LogP contribution is 2.38. The van der Waals surface area contributed by atoms with Crippen LogP contribution in [0.4, 0.5) is 0 Å². The summed E-state index contributed by atoms with van der Waals surface area (Å²) in [5.74, 6) is -0.821. The van der Waals surface area contributed by atoms with Gasteiger partial charge in [0, 0.05) is 12.8 Å². The van der Waals surface area contributed by atoms with Crippen LogP contribution in [0.2, 0.25) is 0 Å². The van der Waals surface area contributed by atoms with E-state index in [1.807, 2.05) is 21.1 Å². The second-order valence-electron chi connectivity index (χ2n) is 27.0. The average Bonchev–Trinajstić information content (AvgIpc) is 2.23. The van der Waals surface area contributed by atoms with Gasteiger partial charge in [-0.3, -0.25) is 14.2 Å². The molecule has 0 amide bonds. The summed E-state index contributed by atoms with van der Waals surface area (Å²) in [6, 6.07) is 0. The number of phosphoric acid groups is 1. The Bertz CT molecular complexity index is 1920. The molecular weight excluding hydrogens is 1160 g/mol. The Hall–Kier alpha value is -3.33. The molecule has 0 aromatic rings. The quantitative estimate of drug-likeness (QED) is 0.0195. The minimum absolute atomic E-state index is 0.0321. The molecule has 0 N–H and O–H groups in total. The Morgan fingerprint density at radius 1 is 0.348 bits per heavy atom. The first-order chi connectivity index (χ1) is 45.0. The minimum Gasteiger partial charge on any atom is -0.756 e. The molecule has 0 bridgehead atoms. The van der Waals surface area contributed by atoms with Gasteiger partial charge < -0.3 is 27.9 Å². The van der Waals surface area contributed by atoms with E-state index in [9.17, 15) is 19.0 Å². The van der Waals surface area contributed by atoms with Crippen molar-refractivity contribution in [2.45, 2.75) is 354 Å². The molecule has 0 heterocycles. The highest BCUT2D eigenvalue weighted by atomic mass is 31.2. The van der Waals surface area contributed by atoms with E-state index in [0.717, 1.165) is 89.9 Å². The molecule has 92 heavy (non-hydrogen) atoms. The maximum Gasteiger partial charge on any atom is 0.306 e. The number of esters is 2. The summed E-state index contributed by atoms with van der Waals surface area (Å²) in [5, 5.41) is 0. The van der Waals surface area contributed by atoms with Crippen LogP contribution in [0.3, 0.4) is 0 Å². The molecule has 2 atom stereocenters. The fourth-order valence-electron chi connectivity index (χ4n) is 10.9. The maximum atomic E-state index is 12.9. The zero-order valence-electron chi connectivity index (χ0n) is 60.7. The molecule has 0 aromatic carbocycles. The zero-order valence-corrected chi connectivity index (χ0v) is 61.6. The van der Waals surface area contributed by atoms with Gasteiger partial charge in [0.05, 0.1) is 27.7 Å². The van der Waals surface area contributed by atoms with Crippen molar-refractivity contribution in [1.82, 2.24) is 0 Å². The SMILES string of the molecule is CC/C=C\C/C=C\C/C=C\C/C=C\C/C=C\C/C=C\C/C=C\C/C=C\CCCCCCCCCCCCCCCCCCC(=O)OC(COC(=O)CCCCCCCCCCCCCCCCC/C=C\CCCCCCCCCC)COP(=O)([O-])OCC[N+](C)(C)C. The van der Waals surface area contributed by atoms with Crippen LogP contribution in [-0.4, -0.2) is 70.0 Å². The second-order valence-corrected chi connectivity index (χ2v) is 28.4. The molecule has 532 valence electrons. The van der Waals surface area contributed by atoms with Gasteiger partial charge in [0.1, 0.15) is 19.8 Å². The number of hydrogen-bond donors (Lipinski definition) is 0. The molecule has 0 aromatic heterocycles. The van der Waals surface area contributed by atoms with Crippen molar-refractivity contribution >= 4 is 19.8 Å². The molecule has 0 fully saturated rings. The van der Waals surface area contributed by atoms with Crippen LogP contribution in [0.1, 0.15) is 348 Å². The molecule has 0 aliphatic heterocycles. The lowest BCUT2D eigenvalue weighted by atomic mass is 10.0. The summed E-state index contributed by atoms with van der Waals surface area (Å²) in [6.45, 7) is 4.17. The summed E-state index contributed by atoms with van der Waals surface area (Å²) in [4.78, 5) is 38.1. The van der Waals surface area contributed by atoms with Gasteiger partial charge in [-0.2, -0.15) is 0 Å². The van der Waals surface area contributed by atoms with Gasteiger partial charge in [0.2, 0.25) is 0 Å². The normalized spacial score (nSPS) is 13.7. The third-order valence-electron chi connectivity index (χ3n) is 16.8. The predicted molar refractivity (Wildman–Crippen MR) is 397 cm³/mol. The zero-order chi connectivity index (χ0) is 66.9. The van der Waals surface area contributed by atoms with Gasteiger partial charge in [-0.25, -0.2) is 0 Å². The number of rotatable bonds is 71. The lowest BCUT2D eigenvalue weighted by molar-refractivity contribution is -0.870. The van der Waals surface area contributed by atoms with E-state index in [1.54, 1.807) is 0 Å². The van der Waals surface area contributed by atoms with Crippen LogP contribution in [0.25, 0.3) is 0 Å². The van der Waals surface area contributed by atoms with Gasteiger partial charge in [-0.05, 0) is 103 Å². The lowest BCUT2D eigenvalue weighted by Crippen LogP contribution is -2.37. The van der Waals surface area contributed by atoms with Gasteiger partial charge in [0.25, 0.3) is 7.82 Å². The molecule has 0 spiro atoms. The number of carbonyl (C=O) groups excluding carboxylic acids is 2. The van der Waals surface area contributed by atoms with Crippen LogP contribution < -0.4 is 4.89 Å². The van der Waals surface area contributed by atoms with Crippen LogP contribution in [0.15, 0.2) is 109 Å². The molecule has 9 nitrogen and oxygen atoms in total. The van der Waals surface area contributed by atoms with E-state index in [0.29, 0.717) is 17.4 Å². The standard InChI is InChI=1S/C82H146NO8P/c1-6-8-10-12-14-16-18-20-22-24-26-28-30-32-34-35-36-37-38-39-40-41-42-43-44-45-46-47-49-51-53-55-57-59-61-63-65-67-69-71-73-75-82(85)91-80(79-90-92(86,87)89-77-76-83(3,4)5)78-88-81(84)74-72-70-68-66-64-62-60-58-56-54-52-50-48-33-31-29-27-25-23-21-19-17-15-13-11-9-7-2/h8,10,14,16,20,22,25-28,32,34,36-37,39-40,42-43,80H,6-7,9,11-13,15,17-19,21,23-24,29-31,33,35,38,41,44-79H2,1-5H3/b10-8-,16-14-,22-20-,27-25-,28-26-,34-32-,37-36-,40-39-,43-42-. The van der Waals surface area contributed by atoms with E-state index >= 15 is 0 Å². The smallest absolute Gasteiger partial charge is 0.306 e. The van der Waals surface area contributed by atoms with E-state index in [4.69, 9.17) is 18.5 Å². The number of ether oxygens (including phenoxy) is 2. The molecule has 10 heteroatoms. The fourth-order valence-corrected chi connectivity index (χ4v) is 11.6. The fraction of sp³-hybridized carbons (Fsp3) is 0.756. The predicted octanol–water partition coefficient (Wildman–Crippen LogP) is 25.0. The van der Waals surface area contributed by atoms with Gasteiger partial charge >= 0.3 is 11.9 Å².